The second kappa shape index (κ2) is 4.75. The maximum Gasteiger partial charge on any atom is 0.376 e. The van der Waals surface area contributed by atoms with E-state index in [1.54, 1.807) is 18.6 Å². The van der Waals surface area contributed by atoms with Crippen LogP contribution in [-0.4, -0.2) is 35.6 Å². The van der Waals surface area contributed by atoms with Crippen molar-refractivity contribution in [3.63, 3.8) is 0 Å². The van der Waals surface area contributed by atoms with Gasteiger partial charge in [-0.15, -0.1) is 0 Å². The lowest BCUT2D eigenvalue weighted by atomic mass is 9.53. The maximum atomic E-state index is 4.49. The Morgan fingerprint density at radius 2 is 1.32 bits per heavy atom. The minimum atomic E-state index is -1.71. The molecule has 3 heterocycles. The fourth-order valence-electron chi connectivity index (χ4n) is 3.02. The molecule has 3 aromatic heterocycles. The molecule has 0 N–H and O–H groups in total. The number of rotatable bonds is 4. The minimum Gasteiger partial charge on any atom is -0.396 e. The van der Waals surface area contributed by atoms with E-state index in [0.717, 1.165) is 11.0 Å². The molecule has 1 aliphatic carbocycles. The highest BCUT2D eigenvalue weighted by Gasteiger charge is 2.38. The van der Waals surface area contributed by atoms with Gasteiger partial charge in [-0.3, -0.25) is 0 Å². The van der Waals surface area contributed by atoms with Crippen LogP contribution in [0.4, 0.5) is 0 Å². The first kappa shape index (κ1) is 12.7. The van der Waals surface area contributed by atoms with Gasteiger partial charge >= 0.3 is 6.55 Å². The molecule has 0 atom stereocenters. The van der Waals surface area contributed by atoms with Crippen LogP contribution in [0.5, 0.6) is 0 Å². The zero-order chi connectivity index (χ0) is 15.0. The first-order chi connectivity index (χ1) is 10.8. The monoisotopic (exact) mass is 289 g/mol. The van der Waals surface area contributed by atoms with E-state index in [2.05, 4.69) is 27.1 Å². The Kier molecular flexibility index (Phi) is 2.74. The molecule has 0 unspecified atom stereocenters. The van der Waals surface area contributed by atoms with Crippen molar-refractivity contribution in [2.45, 2.75) is 6.92 Å². The quantitative estimate of drug-likeness (QED) is 0.543. The molecule has 0 saturated heterocycles. The lowest BCUT2D eigenvalue weighted by Gasteiger charge is -2.41. The van der Waals surface area contributed by atoms with Crippen LogP contribution in [0, 0.1) is 0 Å². The third-order valence-electron chi connectivity index (χ3n) is 3.95. The van der Waals surface area contributed by atoms with Gasteiger partial charge in [0.05, 0.1) is 0 Å². The third-order valence-corrected chi connectivity index (χ3v) is 3.95. The molecule has 0 fully saturated rings. The molecule has 0 aromatic carbocycles. The highest BCUT2D eigenvalue weighted by atomic mass is 15.5. The average Bonchev–Trinajstić information content (AvgIpc) is 3.31. The first-order valence-electron chi connectivity index (χ1n) is 7.12. The Hall–Kier alpha value is -3.05. The summed E-state index contributed by atoms with van der Waals surface area (Å²) in [5.41, 5.74) is 5.48. The number of allylic oxidation sites excluding steroid dienone is 3. The Bertz CT molecular complexity index is 781. The Labute approximate surface area is 127 Å². The molecular weight excluding hydrogens is 275 g/mol. The molecule has 1 aliphatic rings. The zero-order valence-electron chi connectivity index (χ0n) is 12.1. The number of aromatic nitrogens is 6. The van der Waals surface area contributed by atoms with Crippen LogP contribution in [0.1, 0.15) is 6.92 Å². The van der Waals surface area contributed by atoms with Gasteiger partial charge in [0.15, 0.2) is 0 Å². The molecule has 4 rings (SSSR count). The number of nitrogens with zero attached hydrogens (tertiary/aromatic N) is 6. The Morgan fingerprint density at radius 3 is 1.64 bits per heavy atom. The van der Waals surface area contributed by atoms with E-state index < -0.39 is 6.55 Å². The van der Waals surface area contributed by atoms with E-state index in [-0.39, 0.29) is 0 Å². The minimum absolute atomic E-state index is 0.980. The molecule has 0 saturated carbocycles. The van der Waals surface area contributed by atoms with E-state index in [0.29, 0.717) is 0 Å². The maximum absolute atomic E-state index is 4.49. The lowest BCUT2D eigenvalue weighted by Crippen LogP contribution is -2.60. The molecule has 0 aliphatic heterocycles. The Morgan fingerprint density at radius 1 is 0.818 bits per heavy atom. The summed E-state index contributed by atoms with van der Waals surface area (Å²) in [5.74, 6) is 0. The summed E-state index contributed by atoms with van der Waals surface area (Å²) in [6, 6.07) is 5.71. The summed E-state index contributed by atoms with van der Waals surface area (Å²) in [6.07, 6.45) is 15.2. The molecule has 6 nitrogen and oxygen atoms in total. The first-order valence-corrected chi connectivity index (χ1v) is 7.12. The molecule has 0 bridgehead atoms. The fourth-order valence-corrected chi connectivity index (χ4v) is 3.02. The van der Waals surface area contributed by atoms with Crippen LogP contribution < -0.4 is 0 Å². The number of hydrogen-bond donors (Lipinski definition) is 0. The van der Waals surface area contributed by atoms with Crippen molar-refractivity contribution in [2.75, 3.05) is 0 Å². The summed E-state index contributed by atoms with van der Waals surface area (Å²) in [4.78, 5) is 0. The summed E-state index contributed by atoms with van der Waals surface area (Å²) in [7, 11) is 0. The SMILES string of the molecule is CC1=C=C([B-](n2cccn2)(n2cccn2)n2cccn2)C=C1. The van der Waals surface area contributed by atoms with Gasteiger partial charge in [-0.2, -0.15) is 5.73 Å². The van der Waals surface area contributed by atoms with Gasteiger partial charge in [0, 0.05) is 18.6 Å². The topological polar surface area (TPSA) is 53.5 Å². The highest BCUT2D eigenvalue weighted by Crippen LogP contribution is 2.24. The largest absolute Gasteiger partial charge is 0.396 e. The van der Waals surface area contributed by atoms with Crippen LogP contribution in [0.2, 0.25) is 0 Å². The van der Waals surface area contributed by atoms with Crippen molar-refractivity contribution < 1.29 is 0 Å². The van der Waals surface area contributed by atoms with Gasteiger partial charge in [-0.1, -0.05) is 17.6 Å². The third kappa shape index (κ3) is 1.66. The van der Waals surface area contributed by atoms with Gasteiger partial charge in [-0.05, 0) is 49.3 Å². The van der Waals surface area contributed by atoms with E-state index >= 15 is 0 Å². The fraction of sp³-hybridized carbons (Fsp3) is 0.0667. The average molecular weight is 289 g/mol. The second-order valence-corrected chi connectivity index (χ2v) is 5.29. The van der Waals surface area contributed by atoms with Crippen LogP contribution in [0.25, 0.3) is 0 Å². The van der Waals surface area contributed by atoms with E-state index in [1.165, 1.54) is 0 Å². The van der Waals surface area contributed by atoms with Crippen LogP contribution in [-0.2, 0) is 0 Å². The standard InChI is InChI=1S/C15H14BN6/c1-14-5-6-15(13-14)16(20-10-2-7-17-20,21-11-3-8-18-21)22-12-4-9-19-22/h2-12H,1H3/q-1. The van der Waals surface area contributed by atoms with Crippen molar-refractivity contribution in [3.05, 3.63) is 84.3 Å². The number of hydrogen-bond acceptors (Lipinski definition) is 3. The van der Waals surface area contributed by atoms with E-state index in [4.69, 9.17) is 0 Å². The van der Waals surface area contributed by atoms with Gasteiger partial charge in [0.1, 0.15) is 0 Å². The van der Waals surface area contributed by atoms with Crippen molar-refractivity contribution in [3.8, 4) is 0 Å². The molecule has 3 aromatic rings. The van der Waals surface area contributed by atoms with Crippen LogP contribution in [0.15, 0.2) is 84.3 Å². The molecule has 0 spiro atoms. The summed E-state index contributed by atoms with van der Waals surface area (Å²) >= 11 is 0. The van der Waals surface area contributed by atoms with Crippen molar-refractivity contribution in [1.82, 2.24) is 29.1 Å². The predicted molar refractivity (Wildman–Crippen MR) is 84.0 cm³/mol. The second-order valence-electron chi connectivity index (χ2n) is 5.29. The van der Waals surface area contributed by atoms with E-state index in [9.17, 15) is 0 Å². The molecule has 108 valence electrons. The normalized spacial score (nSPS) is 14.2. The predicted octanol–water partition coefficient (Wildman–Crippen LogP) is 1.74. The zero-order valence-corrected chi connectivity index (χ0v) is 12.1. The van der Waals surface area contributed by atoms with Crippen molar-refractivity contribution in [1.29, 1.82) is 0 Å². The summed E-state index contributed by atoms with van der Waals surface area (Å²) < 4.78 is 5.68. The van der Waals surface area contributed by atoms with Gasteiger partial charge in [-0.25, -0.2) is 15.3 Å². The van der Waals surface area contributed by atoms with Gasteiger partial charge in [0.25, 0.3) is 0 Å². The highest BCUT2D eigenvalue weighted by molar-refractivity contribution is 6.82. The van der Waals surface area contributed by atoms with Crippen LogP contribution in [0.3, 0.4) is 0 Å². The van der Waals surface area contributed by atoms with Gasteiger partial charge < -0.3 is 13.8 Å². The molecule has 7 heteroatoms. The summed E-state index contributed by atoms with van der Waals surface area (Å²) in [6.45, 7) is 0.314. The molecule has 22 heavy (non-hydrogen) atoms. The lowest BCUT2D eigenvalue weighted by molar-refractivity contribution is 0.737. The van der Waals surface area contributed by atoms with E-state index in [1.807, 2.05) is 63.6 Å². The van der Waals surface area contributed by atoms with Crippen LogP contribution >= 0.6 is 0 Å². The summed E-state index contributed by atoms with van der Waals surface area (Å²) in [5, 5.41) is 13.5. The molecule has 0 amide bonds. The smallest absolute Gasteiger partial charge is 0.376 e. The molecular formula is C15H14BN6-. The van der Waals surface area contributed by atoms with Gasteiger partial charge in [0.2, 0.25) is 0 Å². The molecule has 0 radical (unpaired) electrons. The Balaban J connectivity index is 2.11. The van der Waals surface area contributed by atoms with Crippen molar-refractivity contribution >= 4 is 6.55 Å². The van der Waals surface area contributed by atoms with Crippen molar-refractivity contribution in [2.24, 2.45) is 0 Å².